The van der Waals surface area contributed by atoms with Gasteiger partial charge < -0.3 is 16.6 Å². The molecule has 0 unspecified atom stereocenters. The van der Waals surface area contributed by atoms with Gasteiger partial charge in [-0.2, -0.15) is 10.3 Å². The molecule has 1 saturated carbocycles. The molecule has 1 fully saturated rings. The second-order valence-corrected chi connectivity index (χ2v) is 6.37. The fourth-order valence-electron chi connectivity index (χ4n) is 3.60. The van der Waals surface area contributed by atoms with Gasteiger partial charge in [-0.15, -0.1) is 0 Å². The first-order valence-electron chi connectivity index (χ1n) is 8.16. The minimum atomic E-state index is -0.718. The van der Waals surface area contributed by atoms with Crippen LogP contribution >= 0.6 is 0 Å². The molecule has 3 rings (SSSR count). The summed E-state index contributed by atoms with van der Waals surface area (Å²) in [4.78, 5) is 21.9. The molecule has 1 aromatic rings. The van der Waals surface area contributed by atoms with Crippen molar-refractivity contribution in [2.45, 2.75) is 44.7 Å². The molecule has 1 aromatic carbocycles. The Morgan fingerprint density at radius 3 is 2.60 bits per heavy atom. The molecule has 0 bridgehead atoms. The molecule has 0 radical (unpaired) electrons. The SMILES string of the molecule is CC(=O)c1cc(C#N)c(N2C(N)=NC(N)=NC23CCCCC3)cc1O. The normalized spacial score (nSPS) is 19.1. The van der Waals surface area contributed by atoms with E-state index < -0.39 is 5.66 Å². The molecule has 1 spiro atoms. The van der Waals surface area contributed by atoms with Crippen molar-refractivity contribution in [3.8, 4) is 11.8 Å². The van der Waals surface area contributed by atoms with Crippen molar-refractivity contribution in [2.75, 3.05) is 4.90 Å². The number of carbonyl (C=O) groups is 1. The largest absolute Gasteiger partial charge is 0.507 e. The maximum atomic E-state index is 11.7. The van der Waals surface area contributed by atoms with Gasteiger partial charge >= 0.3 is 0 Å². The zero-order valence-electron chi connectivity index (χ0n) is 14.0. The van der Waals surface area contributed by atoms with Gasteiger partial charge in [-0.1, -0.05) is 6.42 Å². The van der Waals surface area contributed by atoms with E-state index in [4.69, 9.17) is 11.5 Å². The van der Waals surface area contributed by atoms with Crippen molar-refractivity contribution in [1.29, 1.82) is 5.26 Å². The minimum Gasteiger partial charge on any atom is -0.507 e. The zero-order valence-corrected chi connectivity index (χ0v) is 14.0. The second kappa shape index (κ2) is 6.09. The predicted molar refractivity (Wildman–Crippen MR) is 94.4 cm³/mol. The highest BCUT2D eigenvalue weighted by Gasteiger charge is 2.43. The molecule has 0 atom stereocenters. The van der Waals surface area contributed by atoms with E-state index in [2.05, 4.69) is 16.1 Å². The van der Waals surface area contributed by atoms with Crippen LogP contribution < -0.4 is 16.4 Å². The lowest BCUT2D eigenvalue weighted by molar-refractivity contribution is 0.101. The molecule has 8 nitrogen and oxygen atoms in total. The molecule has 1 aliphatic heterocycles. The lowest BCUT2D eigenvalue weighted by atomic mass is 9.86. The predicted octanol–water partition coefficient (Wildman–Crippen LogP) is 1.58. The number of rotatable bonds is 2. The first kappa shape index (κ1) is 16.8. The van der Waals surface area contributed by atoms with Gasteiger partial charge in [0.15, 0.2) is 5.78 Å². The van der Waals surface area contributed by atoms with Crippen molar-refractivity contribution in [3.05, 3.63) is 23.3 Å². The third-order valence-corrected chi connectivity index (χ3v) is 4.71. The van der Waals surface area contributed by atoms with E-state index in [1.165, 1.54) is 19.1 Å². The summed E-state index contributed by atoms with van der Waals surface area (Å²) in [7, 11) is 0. The summed E-state index contributed by atoms with van der Waals surface area (Å²) in [5.41, 5.74) is 11.9. The number of benzene rings is 1. The average molecular weight is 340 g/mol. The van der Waals surface area contributed by atoms with Crippen LogP contribution in [0.15, 0.2) is 22.1 Å². The molecule has 130 valence electrons. The van der Waals surface area contributed by atoms with Crippen LogP contribution in [0.25, 0.3) is 0 Å². The van der Waals surface area contributed by atoms with E-state index in [9.17, 15) is 15.2 Å². The smallest absolute Gasteiger partial charge is 0.220 e. The highest BCUT2D eigenvalue weighted by Crippen LogP contribution is 2.42. The first-order valence-corrected chi connectivity index (χ1v) is 8.16. The topological polar surface area (TPSA) is 141 Å². The summed E-state index contributed by atoms with van der Waals surface area (Å²) in [6.07, 6.45) is 4.40. The number of hydrogen-bond acceptors (Lipinski definition) is 8. The van der Waals surface area contributed by atoms with E-state index in [0.29, 0.717) is 18.5 Å². The number of anilines is 1. The molecule has 2 aliphatic rings. The molecule has 5 N–H and O–H groups in total. The average Bonchev–Trinajstić information content (AvgIpc) is 2.54. The van der Waals surface area contributed by atoms with Crippen LogP contribution in [0.4, 0.5) is 5.69 Å². The van der Waals surface area contributed by atoms with Gasteiger partial charge in [-0.25, -0.2) is 4.99 Å². The van der Waals surface area contributed by atoms with Crippen LogP contribution in [0.1, 0.15) is 54.9 Å². The quantitative estimate of drug-likeness (QED) is 0.698. The summed E-state index contributed by atoms with van der Waals surface area (Å²) >= 11 is 0. The third kappa shape index (κ3) is 2.78. The Balaban J connectivity index is 2.19. The molecule has 1 heterocycles. The number of phenols is 1. The standard InChI is InChI=1S/C17H20N6O2/c1-10(24)12-7-11(9-18)13(8-14(12)25)23-16(20)21-15(19)22-17(23)5-3-2-4-6-17/h7-8,25H,2-6H2,1H3,(H4,19,20,21,22). The zero-order chi connectivity index (χ0) is 18.2. The van der Waals surface area contributed by atoms with Gasteiger partial charge in [0.2, 0.25) is 11.9 Å². The van der Waals surface area contributed by atoms with E-state index in [0.717, 1.165) is 19.3 Å². The number of carbonyl (C=O) groups excluding carboxylic acids is 1. The monoisotopic (exact) mass is 340 g/mol. The maximum absolute atomic E-state index is 11.7. The number of ketones is 1. The lowest BCUT2D eigenvalue weighted by Crippen LogP contribution is -2.58. The molecule has 0 saturated heterocycles. The fourth-order valence-corrected chi connectivity index (χ4v) is 3.60. The van der Waals surface area contributed by atoms with Crippen molar-refractivity contribution in [2.24, 2.45) is 21.5 Å². The number of hydrogen-bond donors (Lipinski definition) is 3. The van der Waals surface area contributed by atoms with Gasteiger partial charge in [0.1, 0.15) is 17.5 Å². The molecule has 1 aliphatic carbocycles. The molecular formula is C17H20N6O2. The van der Waals surface area contributed by atoms with Crippen molar-refractivity contribution in [1.82, 2.24) is 0 Å². The number of nitrogens with two attached hydrogens (primary N) is 2. The van der Waals surface area contributed by atoms with Crippen LogP contribution in [-0.4, -0.2) is 28.5 Å². The fraction of sp³-hybridized carbons (Fsp3) is 0.412. The van der Waals surface area contributed by atoms with Gasteiger partial charge in [-0.05, 0) is 38.7 Å². The molecule has 0 amide bonds. The summed E-state index contributed by atoms with van der Waals surface area (Å²) in [6.45, 7) is 1.33. The van der Waals surface area contributed by atoms with Crippen molar-refractivity contribution >= 4 is 23.4 Å². The first-order chi connectivity index (χ1) is 11.9. The third-order valence-electron chi connectivity index (χ3n) is 4.71. The van der Waals surface area contributed by atoms with Gasteiger partial charge in [0.25, 0.3) is 0 Å². The number of aliphatic imine (C=N–C) groups is 2. The summed E-state index contributed by atoms with van der Waals surface area (Å²) < 4.78 is 0. The molecule has 0 aromatic heterocycles. The molecule has 8 heteroatoms. The minimum absolute atomic E-state index is 0.0912. The Bertz CT molecular complexity index is 830. The maximum Gasteiger partial charge on any atom is 0.220 e. The number of Topliss-reactive ketones (excluding diaryl/α,β-unsaturated/α-hetero) is 1. The highest BCUT2D eigenvalue weighted by molar-refractivity contribution is 6.07. The summed E-state index contributed by atoms with van der Waals surface area (Å²) in [5.74, 6) is -0.294. The summed E-state index contributed by atoms with van der Waals surface area (Å²) in [5, 5.41) is 19.8. The number of aromatic hydroxyl groups is 1. The van der Waals surface area contributed by atoms with Gasteiger partial charge in [0.05, 0.1) is 16.8 Å². The van der Waals surface area contributed by atoms with Crippen LogP contribution in [0, 0.1) is 11.3 Å². The number of nitriles is 1. The highest BCUT2D eigenvalue weighted by atomic mass is 16.3. The lowest BCUT2D eigenvalue weighted by Gasteiger charge is -2.45. The van der Waals surface area contributed by atoms with Crippen LogP contribution in [0.3, 0.4) is 0 Å². The molecule has 25 heavy (non-hydrogen) atoms. The van der Waals surface area contributed by atoms with Crippen LogP contribution in [0.5, 0.6) is 5.75 Å². The van der Waals surface area contributed by atoms with Gasteiger partial charge in [0, 0.05) is 6.07 Å². The Kier molecular flexibility index (Phi) is 4.08. The Morgan fingerprint density at radius 2 is 2.00 bits per heavy atom. The number of phenolic OH excluding ortho intramolecular Hbond substituents is 1. The van der Waals surface area contributed by atoms with E-state index in [-0.39, 0.29) is 34.6 Å². The second-order valence-electron chi connectivity index (χ2n) is 6.37. The van der Waals surface area contributed by atoms with E-state index in [1.54, 1.807) is 4.90 Å². The Hall–Kier alpha value is -3.08. The number of nitrogens with zero attached hydrogens (tertiary/aromatic N) is 4. The van der Waals surface area contributed by atoms with Crippen LogP contribution in [-0.2, 0) is 0 Å². The summed E-state index contributed by atoms with van der Waals surface area (Å²) in [6, 6.07) is 4.83. The van der Waals surface area contributed by atoms with Crippen molar-refractivity contribution in [3.63, 3.8) is 0 Å². The van der Waals surface area contributed by atoms with Gasteiger partial charge in [-0.3, -0.25) is 9.69 Å². The number of guanidine groups is 2. The van der Waals surface area contributed by atoms with E-state index >= 15 is 0 Å². The van der Waals surface area contributed by atoms with Crippen LogP contribution in [0.2, 0.25) is 0 Å². The van der Waals surface area contributed by atoms with Crippen molar-refractivity contribution < 1.29 is 9.90 Å². The Labute approximate surface area is 145 Å². The molecular weight excluding hydrogens is 320 g/mol. The Morgan fingerprint density at radius 1 is 1.32 bits per heavy atom. The van der Waals surface area contributed by atoms with E-state index in [1.807, 2.05) is 0 Å².